The molecule has 6 nitrogen and oxygen atoms in total. The number of hydrogen-bond acceptors (Lipinski definition) is 6. The first-order chi connectivity index (χ1) is 14.1. The van der Waals surface area contributed by atoms with Crippen LogP contribution in [0.4, 0.5) is 5.95 Å². The summed E-state index contributed by atoms with van der Waals surface area (Å²) in [5.74, 6) is 4.23. The van der Waals surface area contributed by atoms with Crippen LogP contribution in [0.3, 0.4) is 0 Å². The lowest BCUT2D eigenvalue weighted by Gasteiger charge is -2.32. The number of aromatic nitrogens is 2. The van der Waals surface area contributed by atoms with Gasteiger partial charge in [-0.25, -0.2) is 9.97 Å². The number of rotatable bonds is 6. The van der Waals surface area contributed by atoms with Gasteiger partial charge in [-0.2, -0.15) is 8.42 Å². The summed E-state index contributed by atoms with van der Waals surface area (Å²) in [7, 11) is 0. The predicted molar refractivity (Wildman–Crippen MR) is 114 cm³/mol. The molecule has 1 aliphatic heterocycles. The molecule has 0 spiro atoms. The number of aryl methyl sites for hydroxylation is 1. The molecule has 156 valence electrons. The highest BCUT2D eigenvalue weighted by atomic mass is 35.5. The van der Waals surface area contributed by atoms with E-state index in [1.807, 2.05) is 0 Å². The quantitative estimate of drug-likeness (QED) is 0.680. The zero-order valence-corrected chi connectivity index (χ0v) is 18.1. The summed E-state index contributed by atoms with van der Waals surface area (Å²) in [5.41, 5.74) is 1.27. The molecular formula is C21H26ClN3O3S. The summed E-state index contributed by atoms with van der Waals surface area (Å²) < 4.78 is 22.5. The average molecular weight is 436 g/mol. The van der Waals surface area contributed by atoms with E-state index in [0.717, 1.165) is 49.1 Å². The van der Waals surface area contributed by atoms with Gasteiger partial charge >= 0.3 is 11.6 Å². The molecule has 29 heavy (non-hydrogen) atoms. The largest absolute Gasteiger partial charge is 0.493 e. The SMILES string of the molecule is Cc1ccc(OC[C@@H]2C[C@H]2CC2CCN(c3ncc(Cl)cn3)CC2)cc1.O=S=O. The van der Waals surface area contributed by atoms with Crippen molar-refractivity contribution in [2.75, 3.05) is 24.6 Å². The first-order valence-corrected chi connectivity index (χ1v) is 11.0. The molecule has 1 aliphatic carbocycles. The van der Waals surface area contributed by atoms with Crippen molar-refractivity contribution in [1.29, 1.82) is 0 Å². The summed E-state index contributed by atoms with van der Waals surface area (Å²) in [5, 5.41) is 0.594. The maximum absolute atomic E-state index is 8.29. The fourth-order valence-corrected chi connectivity index (χ4v) is 4.00. The molecule has 0 N–H and O–H groups in total. The van der Waals surface area contributed by atoms with E-state index in [1.165, 1.54) is 31.2 Å². The van der Waals surface area contributed by atoms with Gasteiger partial charge in [-0.15, -0.1) is 0 Å². The Kier molecular flexibility index (Phi) is 8.00. The number of nitrogens with zero attached hydrogens (tertiary/aromatic N) is 3. The maximum atomic E-state index is 8.29. The van der Waals surface area contributed by atoms with Gasteiger partial charge in [-0.05, 0) is 62.5 Å². The first kappa shape index (κ1) is 21.7. The van der Waals surface area contributed by atoms with Crippen LogP contribution in [-0.2, 0) is 11.6 Å². The molecule has 2 aliphatic rings. The van der Waals surface area contributed by atoms with E-state index in [4.69, 9.17) is 24.8 Å². The second-order valence-electron chi connectivity index (χ2n) is 7.82. The zero-order valence-electron chi connectivity index (χ0n) is 16.5. The van der Waals surface area contributed by atoms with Crippen LogP contribution in [0.1, 0.15) is 31.2 Å². The predicted octanol–water partition coefficient (Wildman–Crippen LogP) is 4.09. The summed E-state index contributed by atoms with van der Waals surface area (Å²) in [6.45, 7) is 5.06. The van der Waals surface area contributed by atoms with Gasteiger partial charge in [0.1, 0.15) is 5.75 Å². The Morgan fingerprint density at radius 1 is 1.10 bits per heavy atom. The highest BCUT2D eigenvalue weighted by Gasteiger charge is 2.39. The minimum Gasteiger partial charge on any atom is -0.493 e. The minimum absolute atomic E-state index is 0.594. The van der Waals surface area contributed by atoms with Crippen LogP contribution in [0.5, 0.6) is 5.75 Å². The molecule has 8 heteroatoms. The zero-order chi connectivity index (χ0) is 20.6. The summed E-state index contributed by atoms with van der Waals surface area (Å²) >= 11 is 5.12. The van der Waals surface area contributed by atoms with E-state index in [9.17, 15) is 0 Å². The molecule has 2 heterocycles. The van der Waals surface area contributed by atoms with Crippen LogP contribution in [0, 0.1) is 24.7 Å². The van der Waals surface area contributed by atoms with Crippen molar-refractivity contribution in [1.82, 2.24) is 9.97 Å². The Hall–Kier alpha value is -1.99. The smallest absolute Gasteiger partial charge is 0.335 e. The number of benzene rings is 1. The van der Waals surface area contributed by atoms with Crippen molar-refractivity contribution >= 4 is 29.1 Å². The highest BCUT2D eigenvalue weighted by Crippen LogP contribution is 2.45. The topological polar surface area (TPSA) is 72.4 Å². The average Bonchev–Trinajstić information content (AvgIpc) is 3.47. The van der Waals surface area contributed by atoms with Gasteiger partial charge in [0.2, 0.25) is 5.95 Å². The Morgan fingerprint density at radius 3 is 2.34 bits per heavy atom. The van der Waals surface area contributed by atoms with Crippen molar-refractivity contribution in [3.8, 4) is 5.75 Å². The maximum Gasteiger partial charge on any atom is 0.335 e. The number of ether oxygens (including phenoxy) is 1. The Bertz CT molecular complexity index is 805. The Morgan fingerprint density at radius 2 is 1.72 bits per heavy atom. The van der Waals surface area contributed by atoms with Crippen molar-refractivity contribution in [2.24, 2.45) is 17.8 Å². The molecule has 1 aromatic heterocycles. The Labute approximate surface area is 180 Å². The van der Waals surface area contributed by atoms with Gasteiger partial charge in [-0.1, -0.05) is 29.3 Å². The molecule has 0 radical (unpaired) electrons. The molecule has 1 aromatic carbocycles. The van der Waals surface area contributed by atoms with Crippen LogP contribution < -0.4 is 9.64 Å². The van der Waals surface area contributed by atoms with E-state index in [2.05, 4.69) is 46.1 Å². The molecule has 0 amide bonds. The van der Waals surface area contributed by atoms with Gasteiger partial charge in [0.15, 0.2) is 0 Å². The van der Waals surface area contributed by atoms with E-state index >= 15 is 0 Å². The first-order valence-electron chi connectivity index (χ1n) is 9.92. The fraction of sp³-hybridized carbons (Fsp3) is 0.524. The van der Waals surface area contributed by atoms with Gasteiger partial charge in [0.25, 0.3) is 0 Å². The second-order valence-corrected chi connectivity index (χ2v) is 8.39. The number of anilines is 1. The molecule has 0 unspecified atom stereocenters. The van der Waals surface area contributed by atoms with Gasteiger partial charge in [0.05, 0.1) is 24.0 Å². The van der Waals surface area contributed by atoms with Crippen molar-refractivity contribution in [3.05, 3.63) is 47.2 Å². The highest BCUT2D eigenvalue weighted by molar-refractivity contribution is 7.51. The third-order valence-electron chi connectivity index (χ3n) is 5.69. The summed E-state index contributed by atoms with van der Waals surface area (Å²) in [4.78, 5) is 10.9. The molecule has 2 fully saturated rings. The minimum atomic E-state index is -0.750. The Balaban J connectivity index is 0.000000755. The number of piperidine rings is 1. The van der Waals surface area contributed by atoms with E-state index < -0.39 is 11.6 Å². The van der Waals surface area contributed by atoms with Crippen LogP contribution in [0.15, 0.2) is 36.7 Å². The van der Waals surface area contributed by atoms with Crippen LogP contribution in [-0.4, -0.2) is 38.1 Å². The second kappa shape index (κ2) is 10.7. The third kappa shape index (κ3) is 6.78. The lowest BCUT2D eigenvalue weighted by atomic mass is 9.91. The third-order valence-corrected chi connectivity index (χ3v) is 5.89. The summed E-state index contributed by atoms with van der Waals surface area (Å²) in [6, 6.07) is 8.36. The van der Waals surface area contributed by atoms with Crippen LogP contribution >= 0.6 is 11.6 Å². The molecular weight excluding hydrogens is 410 g/mol. The van der Waals surface area contributed by atoms with Gasteiger partial charge < -0.3 is 9.64 Å². The van der Waals surface area contributed by atoms with Gasteiger partial charge in [-0.3, -0.25) is 0 Å². The van der Waals surface area contributed by atoms with Crippen LogP contribution in [0.25, 0.3) is 0 Å². The fourth-order valence-electron chi connectivity index (χ4n) is 3.91. The molecule has 4 rings (SSSR count). The van der Waals surface area contributed by atoms with Crippen LogP contribution in [0.2, 0.25) is 5.02 Å². The van der Waals surface area contributed by atoms with E-state index in [-0.39, 0.29) is 0 Å². The van der Waals surface area contributed by atoms with E-state index in [1.54, 1.807) is 12.4 Å². The van der Waals surface area contributed by atoms with E-state index in [0.29, 0.717) is 5.02 Å². The van der Waals surface area contributed by atoms with Crippen molar-refractivity contribution in [2.45, 2.75) is 32.6 Å². The lowest BCUT2D eigenvalue weighted by Crippen LogP contribution is -2.35. The molecule has 1 saturated carbocycles. The monoisotopic (exact) mass is 435 g/mol. The number of halogens is 1. The van der Waals surface area contributed by atoms with Gasteiger partial charge in [0, 0.05) is 13.1 Å². The normalized spacial score (nSPS) is 21.1. The molecule has 2 aromatic rings. The molecule has 1 saturated heterocycles. The molecule has 2 atom stereocenters. The van der Waals surface area contributed by atoms with Crippen molar-refractivity contribution in [3.63, 3.8) is 0 Å². The molecule has 0 bridgehead atoms. The standard InChI is InChI=1S/C21H26ClN3O.O2S/c1-15-2-4-20(5-3-15)26-14-18-11-17(18)10-16-6-8-25(9-7-16)21-23-12-19(22)13-24-21;1-3-2/h2-5,12-13,16-18H,6-11,14H2,1H3;/t17-,18+;/m1./s1. The lowest BCUT2D eigenvalue weighted by molar-refractivity contribution is 0.279. The number of hydrogen-bond donors (Lipinski definition) is 0. The van der Waals surface area contributed by atoms with Crippen molar-refractivity contribution < 1.29 is 13.2 Å². The summed E-state index contributed by atoms with van der Waals surface area (Å²) in [6.07, 6.45) is 8.49.